The molecule has 1 aromatic carbocycles. The lowest BCUT2D eigenvalue weighted by molar-refractivity contribution is -0.149. The van der Waals surface area contributed by atoms with Crippen LogP contribution in [0, 0.1) is 0 Å². The molecule has 2 amide bonds. The first-order chi connectivity index (χ1) is 8.04. The van der Waals surface area contributed by atoms with Crippen molar-refractivity contribution in [3.63, 3.8) is 0 Å². The monoisotopic (exact) mass is 276 g/mol. The van der Waals surface area contributed by atoms with Crippen molar-refractivity contribution in [3.05, 3.63) is 33.8 Å². The van der Waals surface area contributed by atoms with Gasteiger partial charge < -0.3 is 5.32 Å². The number of nitrogens with zero attached hydrogens (tertiary/aromatic N) is 1. The number of carbonyl (C=O) groups excluding carboxylic acids is 2. The first-order valence-electron chi connectivity index (χ1n) is 4.68. The highest BCUT2D eigenvalue weighted by Gasteiger charge is 2.07. The molecule has 0 heterocycles. The number of hydrogen-bond acceptors (Lipinski definition) is 3. The number of nitrogens with one attached hydrogen (secondary N) is 1. The summed E-state index contributed by atoms with van der Waals surface area (Å²) in [6.07, 6.45) is 0.255. The Morgan fingerprint density at radius 3 is 2.71 bits per heavy atom. The van der Waals surface area contributed by atoms with Crippen LogP contribution in [0.2, 0.25) is 10.0 Å². The molecular formula is C10H10Cl2N2O3. The van der Waals surface area contributed by atoms with Crippen molar-refractivity contribution < 1.29 is 14.8 Å². The van der Waals surface area contributed by atoms with Gasteiger partial charge in [-0.1, -0.05) is 23.2 Å². The van der Waals surface area contributed by atoms with Gasteiger partial charge in [0.15, 0.2) is 0 Å². The number of rotatable bonds is 5. The lowest BCUT2D eigenvalue weighted by Crippen LogP contribution is -2.32. The fourth-order valence-corrected chi connectivity index (χ4v) is 1.37. The molecule has 0 aromatic heterocycles. The molecule has 7 heteroatoms. The van der Waals surface area contributed by atoms with E-state index in [1.54, 1.807) is 0 Å². The lowest BCUT2D eigenvalue weighted by Gasteiger charge is -2.09. The standard InChI is InChI=1S/C10H10Cl2N2O3/c11-8-2-1-7(5-9(8)12)10(16)13-3-4-14(17)6-15/h1-2,5-6,17H,3-4H2,(H,13,16). The Kier molecular flexibility index (Phi) is 5.21. The fourth-order valence-electron chi connectivity index (χ4n) is 1.08. The normalized spacial score (nSPS) is 9.82. The highest BCUT2D eigenvalue weighted by Crippen LogP contribution is 2.22. The van der Waals surface area contributed by atoms with Crippen LogP contribution in [0.4, 0.5) is 0 Å². The molecule has 17 heavy (non-hydrogen) atoms. The van der Waals surface area contributed by atoms with Gasteiger partial charge in [0.05, 0.1) is 16.6 Å². The largest absolute Gasteiger partial charge is 0.350 e. The van der Waals surface area contributed by atoms with Crippen LogP contribution in [0.1, 0.15) is 10.4 Å². The molecule has 0 saturated heterocycles. The van der Waals surface area contributed by atoms with E-state index in [0.717, 1.165) is 0 Å². The van der Waals surface area contributed by atoms with Gasteiger partial charge in [0, 0.05) is 12.1 Å². The van der Waals surface area contributed by atoms with Crippen molar-refractivity contribution in [2.24, 2.45) is 0 Å². The molecule has 5 nitrogen and oxygen atoms in total. The Labute approximate surface area is 108 Å². The summed E-state index contributed by atoms with van der Waals surface area (Å²) in [7, 11) is 0. The van der Waals surface area contributed by atoms with Crippen LogP contribution in [0.3, 0.4) is 0 Å². The van der Waals surface area contributed by atoms with Gasteiger partial charge in [-0.15, -0.1) is 0 Å². The molecule has 1 aromatic rings. The van der Waals surface area contributed by atoms with E-state index >= 15 is 0 Å². The summed E-state index contributed by atoms with van der Waals surface area (Å²) >= 11 is 11.5. The molecule has 0 aliphatic heterocycles. The topological polar surface area (TPSA) is 69.6 Å². The Morgan fingerprint density at radius 1 is 1.41 bits per heavy atom. The van der Waals surface area contributed by atoms with Gasteiger partial charge >= 0.3 is 0 Å². The number of amides is 2. The third-order valence-electron chi connectivity index (χ3n) is 1.93. The first kappa shape index (κ1) is 13.8. The molecule has 0 spiro atoms. The molecule has 92 valence electrons. The summed E-state index contributed by atoms with van der Waals surface area (Å²) in [6, 6.07) is 4.48. The summed E-state index contributed by atoms with van der Waals surface area (Å²) in [4.78, 5) is 21.6. The zero-order valence-corrected chi connectivity index (χ0v) is 10.2. The van der Waals surface area contributed by atoms with Gasteiger partial charge in [0.25, 0.3) is 5.91 Å². The van der Waals surface area contributed by atoms with E-state index < -0.39 is 0 Å². The van der Waals surface area contributed by atoms with Gasteiger partial charge in [-0.2, -0.15) is 0 Å². The van der Waals surface area contributed by atoms with Crippen LogP contribution in [0.15, 0.2) is 18.2 Å². The van der Waals surface area contributed by atoms with Gasteiger partial charge in [0.1, 0.15) is 0 Å². The Bertz CT molecular complexity index is 426. The molecule has 0 fully saturated rings. The minimum Gasteiger partial charge on any atom is -0.350 e. The summed E-state index contributed by atoms with van der Waals surface area (Å²) in [5.74, 6) is -0.358. The third kappa shape index (κ3) is 4.22. The van der Waals surface area contributed by atoms with Gasteiger partial charge in [-0.3, -0.25) is 14.8 Å². The number of hydrogen-bond donors (Lipinski definition) is 2. The average molecular weight is 277 g/mol. The molecule has 2 N–H and O–H groups in total. The van der Waals surface area contributed by atoms with E-state index in [4.69, 9.17) is 28.4 Å². The second-order valence-corrected chi connectivity index (χ2v) is 3.97. The Balaban J connectivity index is 2.52. The summed E-state index contributed by atoms with van der Waals surface area (Å²) < 4.78 is 0. The van der Waals surface area contributed by atoms with Gasteiger partial charge in [-0.05, 0) is 18.2 Å². The molecular weight excluding hydrogens is 267 g/mol. The van der Waals surface area contributed by atoms with Crippen LogP contribution in [0.5, 0.6) is 0 Å². The van der Waals surface area contributed by atoms with E-state index in [1.807, 2.05) is 0 Å². The van der Waals surface area contributed by atoms with E-state index in [9.17, 15) is 9.59 Å². The molecule has 0 unspecified atom stereocenters. The molecule has 0 aliphatic carbocycles. The predicted molar refractivity (Wildman–Crippen MR) is 63.4 cm³/mol. The van der Waals surface area contributed by atoms with Crippen LogP contribution >= 0.6 is 23.2 Å². The summed E-state index contributed by atoms with van der Waals surface area (Å²) in [5, 5.41) is 12.4. The summed E-state index contributed by atoms with van der Waals surface area (Å²) in [5.41, 5.74) is 0.356. The third-order valence-corrected chi connectivity index (χ3v) is 2.67. The van der Waals surface area contributed by atoms with Crippen molar-refractivity contribution in [1.29, 1.82) is 0 Å². The Morgan fingerprint density at radius 2 is 2.12 bits per heavy atom. The van der Waals surface area contributed by atoms with Gasteiger partial charge in [-0.25, -0.2) is 5.06 Å². The average Bonchev–Trinajstić information content (AvgIpc) is 2.32. The van der Waals surface area contributed by atoms with Crippen LogP contribution < -0.4 is 5.32 Å². The molecule has 0 radical (unpaired) electrons. The number of hydroxylamine groups is 2. The second kappa shape index (κ2) is 6.44. The molecule has 0 atom stereocenters. The van der Waals surface area contributed by atoms with Crippen molar-refractivity contribution >= 4 is 35.5 Å². The minimum absolute atomic E-state index is 0.0105. The number of halogens is 2. The summed E-state index contributed by atoms with van der Waals surface area (Å²) in [6.45, 7) is 0.144. The van der Waals surface area contributed by atoms with E-state index in [-0.39, 0.29) is 30.4 Å². The molecule has 0 aliphatic rings. The van der Waals surface area contributed by atoms with Crippen molar-refractivity contribution in [2.75, 3.05) is 13.1 Å². The van der Waals surface area contributed by atoms with E-state index in [1.165, 1.54) is 18.2 Å². The zero-order chi connectivity index (χ0) is 12.8. The Hall–Kier alpha value is -1.30. The number of carbonyl (C=O) groups is 2. The predicted octanol–water partition coefficient (Wildman–Crippen LogP) is 1.57. The highest BCUT2D eigenvalue weighted by molar-refractivity contribution is 6.42. The van der Waals surface area contributed by atoms with Crippen molar-refractivity contribution in [2.45, 2.75) is 0 Å². The molecule has 0 saturated carbocycles. The van der Waals surface area contributed by atoms with Crippen LogP contribution in [-0.2, 0) is 4.79 Å². The fraction of sp³-hybridized carbons (Fsp3) is 0.200. The maximum absolute atomic E-state index is 11.6. The van der Waals surface area contributed by atoms with Gasteiger partial charge in [0.2, 0.25) is 6.41 Å². The second-order valence-electron chi connectivity index (χ2n) is 3.15. The number of benzene rings is 1. The maximum Gasteiger partial charge on any atom is 0.251 e. The van der Waals surface area contributed by atoms with E-state index in [2.05, 4.69) is 5.32 Å². The quantitative estimate of drug-likeness (QED) is 0.487. The van der Waals surface area contributed by atoms with Crippen molar-refractivity contribution in [1.82, 2.24) is 10.4 Å². The highest BCUT2D eigenvalue weighted by atomic mass is 35.5. The maximum atomic E-state index is 11.6. The molecule has 1 rings (SSSR count). The molecule has 0 bridgehead atoms. The smallest absolute Gasteiger partial charge is 0.251 e. The minimum atomic E-state index is -0.358. The van der Waals surface area contributed by atoms with Crippen LogP contribution in [-0.4, -0.2) is 35.7 Å². The first-order valence-corrected chi connectivity index (χ1v) is 5.44. The van der Waals surface area contributed by atoms with E-state index in [0.29, 0.717) is 15.6 Å². The lowest BCUT2D eigenvalue weighted by atomic mass is 10.2. The SMILES string of the molecule is O=CN(O)CCNC(=O)c1ccc(Cl)c(Cl)c1. The zero-order valence-electron chi connectivity index (χ0n) is 8.69. The van der Waals surface area contributed by atoms with Crippen molar-refractivity contribution in [3.8, 4) is 0 Å². The van der Waals surface area contributed by atoms with Crippen LogP contribution in [0.25, 0.3) is 0 Å².